The quantitative estimate of drug-likeness (QED) is 0.681. The van der Waals surface area contributed by atoms with E-state index in [9.17, 15) is 13.2 Å². The second kappa shape index (κ2) is 9.10. The van der Waals surface area contributed by atoms with Crippen LogP contribution in [-0.2, 0) is 14.6 Å². The minimum Gasteiger partial charge on any atom is -0.494 e. The zero-order chi connectivity index (χ0) is 16.8. The van der Waals surface area contributed by atoms with Gasteiger partial charge in [0.15, 0.2) is 9.84 Å². The third-order valence-corrected chi connectivity index (χ3v) is 4.19. The van der Waals surface area contributed by atoms with Gasteiger partial charge in [0, 0.05) is 24.8 Å². The summed E-state index contributed by atoms with van der Waals surface area (Å²) < 4.78 is 28.1. The number of hydrogen-bond acceptors (Lipinski definition) is 5. The first kappa shape index (κ1) is 21.7. The zero-order valence-electron chi connectivity index (χ0n) is 13.7. The molecule has 6 nitrogen and oxygen atoms in total. The Morgan fingerprint density at radius 1 is 1.26 bits per heavy atom. The average molecular weight is 365 g/mol. The smallest absolute Gasteiger partial charge is 0.220 e. The molecule has 0 saturated heterocycles. The number of nitrogens with one attached hydrogen (secondary N) is 1. The SMILES string of the molecule is CC(C)(CN)NC(=O)CCCOc1ccc(S(C)(=O)=O)cc1.Cl. The predicted molar refractivity (Wildman–Crippen MR) is 92.8 cm³/mol. The molecule has 0 spiro atoms. The first-order chi connectivity index (χ1) is 10.1. The van der Waals surface area contributed by atoms with Crippen LogP contribution < -0.4 is 15.8 Å². The van der Waals surface area contributed by atoms with E-state index in [2.05, 4.69) is 5.32 Å². The van der Waals surface area contributed by atoms with Crippen molar-refractivity contribution in [2.75, 3.05) is 19.4 Å². The lowest BCUT2D eigenvalue weighted by molar-refractivity contribution is -0.122. The van der Waals surface area contributed by atoms with Gasteiger partial charge in [0.1, 0.15) is 5.75 Å². The highest BCUT2D eigenvalue weighted by molar-refractivity contribution is 7.90. The van der Waals surface area contributed by atoms with Crippen molar-refractivity contribution in [3.8, 4) is 5.75 Å². The molecule has 0 saturated carbocycles. The maximum Gasteiger partial charge on any atom is 0.220 e. The minimum absolute atomic E-state index is 0. The van der Waals surface area contributed by atoms with Crippen molar-refractivity contribution in [3.63, 3.8) is 0 Å². The molecule has 0 aromatic heterocycles. The van der Waals surface area contributed by atoms with Crippen LogP contribution in [0.5, 0.6) is 5.75 Å². The summed E-state index contributed by atoms with van der Waals surface area (Å²) in [7, 11) is -3.19. The van der Waals surface area contributed by atoms with Crippen molar-refractivity contribution >= 4 is 28.2 Å². The van der Waals surface area contributed by atoms with Crippen LogP contribution in [0.25, 0.3) is 0 Å². The Kier molecular flexibility index (Phi) is 8.58. The van der Waals surface area contributed by atoms with Crippen molar-refractivity contribution < 1.29 is 17.9 Å². The molecule has 0 bridgehead atoms. The van der Waals surface area contributed by atoms with Gasteiger partial charge in [-0.1, -0.05) is 0 Å². The Bertz CT molecular complexity index is 600. The van der Waals surface area contributed by atoms with E-state index in [1.807, 2.05) is 13.8 Å². The number of halogens is 1. The molecule has 0 aliphatic rings. The second-order valence-corrected chi connectivity index (χ2v) is 7.85. The monoisotopic (exact) mass is 364 g/mol. The van der Waals surface area contributed by atoms with Crippen molar-refractivity contribution in [2.45, 2.75) is 37.1 Å². The van der Waals surface area contributed by atoms with E-state index in [0.29, 0.717) is 31.7 Å². The summed E-state index contributed by atoms with van der Waals surface area (Å²) in [5, 5.41) is 2.84. The zero-order valence-corrected chi connectivity index (χ0v) is 15.3. The molecule has 1 aromatic rings. The number of amides is 1. The predicted octanol–water partition coefficient (Wildman–Crippen LogP) is 1.52. The largest absolute Gasteiger partial charge is 0.494 e. The van der Waals surface area contributed by atoms with E-state index >= 15 is 0 Å². The summed E-state index contributed by atoms with van der Waals surface area (Å²) in [6.07, 6.45) is 2.08. The molecular formula is C15H25ClN2O4S. The molecule has 0 fully saturated rings. The number of hydrogen-bond donors (Lipinski definition) is 2. The lowest BCUT2D eigenvalue weighted by atomic mass is 10.1. The van der Waals surface area contributed by atoms with Crippen molar-refractivity contribution in [2.24, 2.45) is 5.73 Å². The molecule has 0 atom stereocenters. The fourth-order valence-corrected chi connectivity index (χ4v) is 2.33. The Hall–Kier alpha value is -1.31. The van der Waals surface area contributed by atoms with Gasteiger partial charge < -0.3 is 15.8 Å². The molecule has 1 aromatic carbocycles. The summed E-state index contributed by atoms with van der Waals surface area (Å²) >= 11 is 0. The molecule has 0 unspecified atom stereocenters. The minimum atomic E-state index is -3.19. The standard InChI is InChI=1S/C15H24N2O4S.ClH/c1-15(2,11-16)17-14(18)5-4-10-21-12-6-8-13(9-7-12)22(3,19)20;/h6-9H,4-5,10-11,16H2,1-3H3,(H,17,18);1H. The highest BCUT2D eigenvalue weighted by Crippen LogP contribution is 2.16. The Balaban J connectivity index is 0.00000484. The molecule has 0 heterocycles. The molecule has 0 aliphatic carbocycles. The first-order valence-corrected chi connectivity index (χ1v) is 8.97. The molecule has 3 N–H and O–H groups in total. The molecule has 8 heteroatoms. The van der Waals surface area contributed by atoms with Crippen molar-refractivity contribution in [3.05, 3.63) is 24.3 Å². The number of benzene rings is 1. The maximum atomic E-state index is 11.7. The fraction of sp³-hybridized carbons (Fsp3) is 0.533. The number of carbonyl (C=O) groups is 1. The Morgan fingerprint density at radius 3 is 2.30 bits per heavy atom. The Labute approximate surface area is 144 Å². The molecule has 0 aliphatic heterocycles. The molecule has 23 heavy (non-hydrogen) atoms. The fourth-order valence-electron chi connectivity index (χ4n) is 1.70. The highest BCUT2D eigenvalue weighted by Gasteiger charge is 2.17. The number of nitrogens with two attached hydrogens (primary N) is 1. The van der Waals surface area contributed by atoms with Crippen LogP contribution in [0.3, 0.4) is 0 Å². The van der Waals surface area contributed by atoms with E-state index in [1.54, 1.807) is 12.1 Å². The summed E-state index contributed by atoms with van der Waals surface area (Å²) in [6, 6.07) is 6.21. The van der Waals surface area contributed by atoms with Crippen LogP contribution in [0.1, 0.15) is 26.7 Å². The number of carbonyl (C=O) groups excluding carboxylic acids is 1. The van der Waals surface area contributed by atoms with E-state index < -0.39 is 15.4 Å². The summed E-state index contributed by atoms with van der Waals surface area (Å²) in [5.41, 5.74) is 5.14. The van der Waals surface area contributed by atoms with Crippen LogP contribution >= 0.6 is 12.4 Å². The van der Waals surface area contributed by atoms with Gasteiger partial charge in [-0.05, 0) is 44.5 Å². The third kappa shape index (κ3) is 8.20. The van der Waals surface area contributed by atoms with Gasteiger partial charge in [-0.15, -0.1) is 12.4 Å². The molecule has 1 amide bonds. The van der Waals surface area contributed by atoms with Crippen LogP contribution in [0.4, 0.5) is 0 Å². The lowest BCUT2D eigenvalue weighted by Crippen LogP contribution is -2.48. The van der Waals surface area contributed by atoms with E-state index in [0.717, 1.165) is 6.26 Å². The number of ether oxygens (including phenoxy) is 1. The van der Waals surface area contributed by atoms with Gasteiger partial charge in [0.05, 0.1) is 11.5 Å². The third-order valence-electron chi connectivity index (χ3n) is 3.06. The van der Waals surface area contributed by atoms with E-state index in [-0.39, 0.29) is 23.2 Å². The van der Waals surface area contributed by atoms with Crippen LogP contribution in [0.2, 0.25) is 0 Å². The van der Waals surface area contributed by atoms with Crippen LogP contribution in [0.15, 0.2) is 29.2 Å². The van der Waals surface area contributed by atoms with Crippen LogP contribution in [0, 0.1) is 0 Å². The second-order valence-electron chi connectivity index (χ2n) is 5.83. The molecule has 1 rings (SSSR count). The van der Waals surface area contributed by atoms with Gasteiger partial charge in [-0.2, -0.15) is 0 Å². The molecular weight excluding hydrogens is 340 g/mol. The highest BCUT2D eigenvalue weighted by atomic mass is 35.5. The molecule has 0 radical (unpaired) electrons. The van der Waals surface area contributed by atoms with Gasteiger partial charge in [0.2, 0.25) is 5.91 Å². The Morgan fingerprint density at radius 2 is 1.83 bits per heavy atom. The van der Waals surface area contributed by atoms with E-state index in [1.165, 1.54) is 12.1 Å². The van der Waals surface area contributed by atoms with Gasteiger partial charge in [0.25, 0.3) is 0 Å². The summed E-state index contributed by atoms with van der Waals surface area (Å²) in [5.74, 6) is 0.515. The van der Waals surface area contributed by atoms with Crippen LogP contribution in [-0.4, -0.2) is 39.3 Å². The average Bonchev–Trinajstić information content (AvgIpc) is 2.43. The maximum absolute atomic E-state index is 11.7. The summed E-state index contributed by atoms with van der Waals surface area (Å²) in [6.45, 7) is 4.49. The van der Waals surface area contributed by atoms with E-state index in [4.69, 9.17) is 10.5 Å². The normalized spacial score (nSPS) is 11.5. The van der Waals surface area contributed by atoms with Crippen molar-refractivity contribution in [1.29, 1.82) is 0 Å². The van der Waals surface area contributed by atoms with Gasteiger partial charge in [-0.25, -0.2) is 8.42 Å². The van der Waals surface area contributed by atoms with Gasteiger partial charge in [-0.3, -0.25) is 4.79 Å². The number of rotatable bonds is 8. The first-order valence-electron chi connectivity index (χ1n) is 7.08. The van der Waals surface area contributed by atoms with Crippen molar-refractivity contribution in [1.82, 2.24) is 5.32 Å². The summed E-state index contributed by atoms with van der Waals surface area (Å²) in [4.78, 5) is 11.9. The molecule has 132 valence electrons. The lowest BCUT2D eigenvalue weighted by Gasteiger charge is -2.24. The number of sulfone groups is 1. The topological polar surface area (TPSA) is 98.5 Å². The van der Waals surface area contributed by atoms with Gasteiger partial charge >= 0.3 is 0 Å².